The van der Waals surface area contributed by atoms with Crippen LogP contribution in [0.2, 0.25) is 0 Å². The molecule has 0 aromatic heterocycles. The van der Waals surface area contributed by atoms with Crippen molar-refractivity contribution >= 4 is 21.9 Å². The van der Waals surface area contributed by atoms with Gasteiger partial charge in [-0.2, -0.15) is 0 Å². The highest BCUT2D eigenvalue weighted by Gasteiger charge is 2.34. The van der Waals surface area contributed by atoms with Crippen LogP contribution in [-0.2, 0) is 14.6 Å². The average molecular weight is 228 g/mol. The van der Waals surface area contributed by atoms with Crippen molar-refractivity contribution in [2.24, 2.45) is 0 Å². The van der Waals surface area contributed by atoms with Crippen LogP contribution < -0.4 is 0 Å². The van der Waals surface area contributed by atoms with Crippen LogP contribution in [0.25, 0.3) is 6.08 Å². The van der Waals surface area contributed by atoms with E-state index in [0.717, 1.165) is 18.2 Å². The maximum Gasteiger partial charge on any atom is 0.347 e. The Kier molecular flexibility index (Phi) is 1.90. The summed E-state index contributed by atoms with van der Waals surface area (Å²) in [5, 5.41) is 8.65. The molecule has 0 atom stereocenters. The van der Waals surface area contributed by atoms with Crippen LogP contribution in [-0.4, -0.2) is 19.5 Å². The topological polar surface area (TPSA) is 71.4 Å². The first-order valence-corrected chi connectivity index (χ1v) is 5.41. The van der Waals surface area contributed by atoms with Crippen molar-refractivity contribution in [3.63, 3.8) is 0 Å². The highest BCUT2D eigenvalue weighted by atomic mass is 32.2. The molecule has 0 spiro atoms. The molecule has 1 aliphatic heterocycles. The molecule has 1 aromatic carbocycles. The molecule has 1 aromatic rings. The molecule has 78 valence electrons. The number of hydrogen-bond acceptors (Lipinski definition) is 3. The number of carboxylic acids is 1. The number of benzene rings is 1. The van der Waals surface area contributed by atoms with Gasteiger partial charge in [0.25, 0.3) is 0 Å². The van der Waals surface area contributed by atoms with E-state index in [1.54, 1.807) is 0 Å². The number of sulfone groups is 1. The fourth-order valence-electron chi connectivity index (χ4n) is 1.37. The summed E-state index contributed by atoms with van der Waals surface area (Å²) in [7, 11) is -4.05. The minimum absolute atomic E-state index is 0.203. The van der Waals surface area contributed by atoms with Crippen LogP contribution in [0.3, 0.4) is 0 Å². The van der Waals surface area contributed by atoms with Gasteiger partial charge in [0.15, 0.2) is 4.91 Å². The van der Waals surface area contributed by atoms with E-state index in [-0.39, 0.29) is 10.5 Å². The first kappa shape index (κ1) is 9.85. The van der Waals surface area contributed by atoms with Gasteiger partial charge in [-0.15, -0.1) is 0 Å². The van der Waals surface area contributed by atoms with Crippen molar-refractivity contribution in [1.29, 1.82) is 0 Å². The van der Waals surface area contributed by atoms with E-state index in [1.165, 1.54) is 6.07 Å². The molecule has 0 radical (unpaired) electrons. The van der Waals surface area contributed by atoms with Gasteiger partial charge in [0.05, 0.1) is 4.90 Å². The van der Waals surface area contributed by atoms with Crippen LogP contribution in [0.1, 0.15) is 5.56 Å². The summed E-state index contributed by atoms with van der Waals surface area (Å²) in [4.78, 5) is 9.62. The number of carbonyl (C=O) groups is 1. The third-order valence-corrected chi connectivity index (χ3v) is 3.86. The first-order valence-electron chi connectivity index (χ1n) is 3.92. The number of rotatable bonds is 1. The van der Waals surface area contributed by atoms with Crippen molar-refractivity contribution in [3.8, 4) is 0 Å². The maximum atomic E-state index is 12.8. The smallest absolute Gasteiger partial charge is 0.347 e. The van der Waals surface area contributed by atoms with Gasteiger partial charge in [-0.25, -0.2) is 17.6 Å². The zero-order chi connectivity index (χ0) is 11.2. The van der Waals surface area contributed by atoms with E-state index in [1.807, 2.05) is 0 Å². The second-order valence-electron chi connectivity index (χ2n) is 3.00. The minimum Gasteiger partial charge on any atom is -0.477 e. The highest BCUT2D eigenvalue weighted by Crippen LogP contribution is 2.33. The quantitative estimate of drug-likeness (QED) is 0.779. The zero-order valence-corrected chi connectivity index (χ0v) is 8.08. The fraction of sp³-hybridized carbons (Fsp3) is 0. The lowest BCUT2D eigenvalue weighted by molar-refractivity contribution is -0.131. The summed E-state index contributed by atoms with van der Waals surface area (Å²) < 4.78 is 35.9. The average Bonchev–Trinajstić information content (AvgIpc) is 2.39. The molecule has 4 nitrogen and oxygen atoms in total. The Morgan fingerprint density at radius 1 is 1.33 bits per heavy atom. The Hall–Kier alpha value is -1.69. The lowest BCUT2D eigenvalue weighted by Gasteiger charge is -1.99. The standard InChI is InChI=1S/C9H5FO4S/c10-6-2-1-5-3-8(9(11)12)15(13,14)7(5)4-6/h1-4H,(H,11,12). The molecule has 0 unspecified atom stereocenters. The third kappa shape index (κ3) is 1.33. The van der Waals surface area contributed by atoms with E-state index in [0.29, 0.717) is 0 Å². The van der Waals surface area contributed by atoms with Crippen LogP contribution >= 0.6 is 0 Å². The number of hydrogen-bond donors (Lipinski definition) is 1. The molecule has 0 amide bonds. The monoisotopic (exact) mass is 228 g/mol. The first-order chi connectivity index (χ1) is 6.93. The lowest BCUT2D eigenvalue weighted by atomic mass is 10.2. The normalized spacial score (nSPS) is 17.0. The largest absolute Gasteiger partial charge is 0.477 e. The van der Waals surface area contributed by atoms with Gasteiger partial charge in [-0.05, 0) is 23.8 Å². The Labute approximate surface area is 84.6 Å². The molecular formula is C9H5FO4S. The third-order valence-electron chi connectivity index (χ3n) is 2.05. The SMILES string of the molecule is O=C(O)C1=Cc2ccc(F)cc2S1(=O)=O. The van der Waals surface area contributed by atoms with Crippen molar-refractivity contribution in [1.82, 2.24) is 0 Å². The minimum atomic E-state index is -4.05. The molecule has 0 fully saturated rings. The second kappa shape index (κ2) is 2.90. The zero-order valence-electron chi connectivity index (χ0n) is 7.27. The summed E-state index contributed by atoms with van der Waals surface area (Å²) in [5.74, 6) is -2.25. The Morgan fingerprint density at radius 2 is 2.00 bits per heavy atom. The van der Waals surface area contributed by atoms with E-state index < -0.39 is 26.5 Å². The number of aliphatic carboxylic acids is 1. The summed E-state index contributed by atoms with van der Waals surface area (Å²) >= 11 is 0. The van der Waals surface area contributed by atoms with Gasteiger partial charge in [0.2, 0.25) is 9.84 Å². The number of fused-ring (bicyclic) bond motifs is 1. The van der Waals surface area contributed by atoms with E-state index in [4.69, 9.17) is 5.11 Å². The van der Waals surface area contributed by atoms with Gasteiger partial charge < -0.3 is 5.11 Å². The molecule has 1 heterocycles. The summed E-state index contributed by atoms with van der Waals surface area (Å²) in [6.07, 6.45) is 1.02. The molecule has 15 heavy (non-hydrogen) atoms. The predicted octanol–water partition coefficient (Wildman–Crippen LogP) is 1.04. The Balaban J connectivity index is 2.74. The Morgan fingerprint density at radius 3 is 2.60 bits per heavy atom. The predicted molar refractivity (Wildman–Crippen MR) is 49.2 cm³/mol. The fourth-order valence-corrected chi connectivity index (χ4v) is 2.83. The number of carboxylic acid groups (broad SMARTS) is 1. The van der Waals surface area contributed by atoms with Crippen molar-refractivity contribution in [2.75, 3.05) is 0 Å². The van der Waals surface area contributed by atoms with E-state index in [2.05, 4.69) is 0 Å². The lowest BCUT2D eigenvalue weighted by Crippen LogP contribution is -2.09. The van der Waals surface area contributed by atoms with Gasteiger partial charge in [-0.3, -0.25) is 0 Å². The van der Waals surface area contributed by atoms with Crippen molar-refractivity contribution in [2.45, 2.75) is 4.90 Å². The van der Waals surface area contributed by atoms with E-state index in [9.17, 15) is 17.6 Å². The van der Waals surface area contributed by atoms with Gasteiger partial charge in [0.1, 0.15) is 5.82 Å². The maximum absolute atomic E-state index is 12.8. The molecule has 1 aliphatic rings. The Bertz CT molecular complexity index is 586. The summed E-state index contributed by atoms with van der Waals surface area (Å²) in [6, 6.07) is 3.13. The molecule has 2 rings (SSSR count). The van der Waals surface area contributed by atoms with Crippen molar-refractivity contribution in [3.05, 3.63) is 34.5 Å². The summed E-state index contributed by atoms with van der Waals surface area (Å²) in [6.45, 7) is 0. The van der Waals surface area contributed by atoms with Crippen LogP contribution in [0.15, 0.2) is 28.0 Å². The molecule has 0 saturated heterocycles. The van der Waals surface area contributed by atoms with Gasteiger partial charge >= 0.3 is 5.97 Å². The van der Waals surface area contributed by atoms with Crippen LogP contribution in [0.4, 0.5) is 4.39 Å². The van der Waals surface area contributed by atoms with Crippen LogP contribution in [0.5, 0.6) is 0 Å². The highest BCUT2D eigenvalue weighted by molar-refractivity contribution is 7.96. The molecule has 0 bridgehead atoms. The van der Waals surface area contributed by atoms with E-state index >= 15 is 0 Å². The van der Waals surface area contributed by atoms with Gasteiger partial charge in [0, 0.05) is 0 Å². The summed E-state index contributed by atoms with van der Waals surface area (Å²) in [5.41, 5.74) is 0.203. The molecule has 1 N–H and O–H groups in total. The molecule has 6 heteroatoms. The second-order valence-corrected chi connectivity index (χ2v) is 4.89. The molecule has 0 saturated carbocycles. The van der Waals surface area contributed by atoms with Gasteiger partial charge in [-0.1, -0.05) is 6.07 Å². The van der Waals surface area contributed by atoms with Crippen LogP contribution in [0, 0.1) is 5.82 Å². The molecular weight excluding hydrogens is 223 g/mol. The number of halogens is 1. The molecule has 0 aliphatic carbocycles. The van der Waals surface area contributed by atoms with Crippen molar-refractivity contribution < 1.29 is 22.7 Å².